The highest BCUT2D eigenvalue weighted by Gasteiger charge is 2.28. The molecule has 0 radical (unpaired) electrons. The summed E-state index contributed by atoms with van der Waals surface area (Å²) in [4.78, 5) is 19.2. The normalized spacial score (nSPS) is 17.9. The number of aromatic nitrogens is 5. The first-order valence-corrected chi connectivity index (χ1v) is 13.3. The summed E-state index contributed by atoms with van der Waals surface area (Å²) >= 11 is 0. The average Bonchev–Trinajstić information content (AvgIpc) is 3.48. The van der Waals surface area contributed by atoms with Gasteiger partial charge in [0, 0.05) is 43.0 Å². The average molecular weight is 517 g/mol. The molecule has 1 fully saturated rings. The molecule has 1 saturated carbocycles. The van der Waals surface area contributed by atoms with Gasteiger partial charge >= 0.3 is 6.09 Å². The molecule has 38 heavy (non-hydrogen) atoms. The van der Waals surface area contributed by atoms with E-state index in [0.717, 1.165) is 53.6 Å². The number of anilines is 1. The molecule has 0 N–H and O–H groups in total. The summed E-state index contributed by atoms with van der Waals surface area (Å²) in [6, 6.07) is 12.2. The highest BCUT2D eigenvalue weighted by molar-refractivity contribution is 5.96. The summed E-state index contributed by atoms with van der Waals surface area (Å²) in [5, 5.41) is 10.4. The zero-order valence-electron chi connectivity index (χ0n) is 22.8. The Hall–Kier alpha value is -3.88. The molecule has 1 amide bonds. The molecule has 9 heteroatoms. The van der Waals surface area contributed by atoms with Crippen molar-refractivity contribution in [1.29, 1.82) is 0 Å². The largest absolute Gasteiger partial charge is 0.490 e. The van der Waals surface area contributed by atoms with Gasteiger partial charge in [-0.3, -0.25) is 14.3 Å². The number of nitrogens with zero attached hydrogens (tertiary/aromatic N) is 6. The minimum absolute atomic E-state index is 0.188. The van der Waals surface area contributed by atoms with Crippen LogP contribution in [0.3, 0.4) is 0 Å². The number of hydrogen-bond donors (Lipinski definition) is 0. The van der Waals surface area contributed by atoms with Crippen molar-refractivity contribution in [2.24, 2.45) is 7.05 Å². The Morgan fingerprint density at radius 3 is 2.47 bits per heavy atom. The van der Waals surface area contributed by atoms with Crippen molar-refractivity contribution in [1.82, 2.24) is 24.5 Å². The SMILES string of the molecule is CCN(C(=O)OC(C)(C)C)c1cc2c(cn1)c(-c1cnn(C)c1)nn2C1CCC(Oc2ccccc2)CC1. The number of hydrogen-bond acceptors (Lipinski definition) is 6. The van der Waals surface area contributed by atoms with Crippen molar-refractivity contribution in [3.8, 4) is 17.0 Å². The third-order valence-electron chi connectivity index (χ3n) is 6.80. The molecular formula is C29H36N6O3. The van der Waals surface area contributed by atoms with Crippen molar-refractivity contribution < 1.29 is 14.3 Å². The second-order valence-electron chi connectivity index (χ2n) is 10.8. The van der Waals surface area contributed by atoms with Crippen molar-refractivity contribution in [2.45, 2.75) is 71.1 Å². The first kappa shape index (κ1) is 25.8. The van der Waals surface area contributed by atoms with Crippen LogP contribution in [0.15, 0.2) is 55.0 Å². The molecule has 0 unspecified atom stereocenters. The lowest BCUT2D eigenvalue weighted by Gasteiger charge is -2.30. The lowest BCUT2D eigenvalue weighted by molar-refractivity contribution is 0.0581. The maximum Gasteiger partial charge on any atom is 0.415 e. The van der Waals surface area contributed by atoms with Gasteiger partial charge in [-0.25, -0.2) is 9.78 Å². The standard InChI is InChI=1S/C29H36N6O3/c1-6-34(28(36)38-29(2,3)4)26-16-25-24(18-30-26)27(20-17-31-33(5)19-20)32-35(25)21-12-14-23(15-13-21)37-22-10-8-7-9-11-22/h7-11,16-19,21,23H,6,12-15H2,1-5H3. The summed E-state index contributed by atoms with van der Waals surface area (Å²) < 4.78 is 15.8. The first-order chi connectivity index (χ1) is 18.2. The van der Waals surface area contributed by atoms with Crippen LogP contribution in [0.2, 0.25) is 0 Å². The Morgan fingerprint density at radius 1 is 1.11 bits per heavy atom. The number of benzene rings is 1. The number of pyridine rings is 1. The Labute approximate surface area is 223 Å². The number of rotatable bonds is 6. The topological polar surface area (TPSA) is 87.3 Å². The van der Waals surface area contributed by atoms with Crippen molar-refractivity contribution in [2.75, 3.05) is 11.4 Å². The van der Waals surface area contributed by atoms with Crippen LogP contribution in [-0.4, -0.2) is 48.9 Å². The lowest BCUT2D eigenvalue weighted by atomic mass is 9.93. The number of carbonyl (C=O) groups excluding carboxylic acids is 1. The molecule has 9 nitrogen and oxygen atoms in total. The maximum absolute atomic E-state index is 12.9. The predicted octanol–water partition coefficient (Wildman–Crippen LogP) is 6.16. The smallest absolute Gasteiger partial charge is 0.415 e. The van der Waals surface area contributed by atoms with Crippen molar-refractivity contribution in [3.05, 3.63) is 55.0 Å². The van der Waals surface area contributed by atoms with Gasteiger partial charge in [0.05, 0.1) is 23.9 Å². The predicted molar refractivity (Wildman–Crippen MR) is 147 cm³/mol. The molecule has 0 bridgehead atoms. The number of amides is 1. The Bertz CT molecular complexity index is 1400. The van der Waals surface area contributed by atoms with E-state index in [0.29, 0.717) is 12.4 Å². The third-order valence-corrected chi connectivity index (χ3v) is 6.80. The van der Waals surface area contributed by atoms with E-state index >= 15 is 0 Å². The van der Waals surface area contributed by atoms with Crippen LogP contribution in [0.4, 0.5) is 10.6 Å². The Morgan fingerprint density at radius 2 is 1.84 bits per heavy atom. The fraction of sp³-hybridized carbons (Fsp3) is 0.448. The second kappa shape index (κ2) is 10.5. The Balaban J connectivity index is 1.46. The number of ether oxygens (including phenoxy) is 2. The fourth-order valence-electron chi connectivity index (χ4n) is 5.01. The van der Waals surface area contributed by atoms with Gasteiger partial charge in [0.2, 0.25) is 0 Å². The second-order valence-corrected chi connectivity index (χ2v) is 10.8. The van der Waals surface area contributed by atoms with E-state index in [1.54, 1.807) is 9.58 Å². The summed E-state index contributed by atoms with van der Waals surface area (Å²) in [5.74, 6) is 1.46. The number of para-hydroxylation sites is 1. The van der Waals surface area contributed by atoms with Crippen LogP contribution >= 0.6 is 0 Å². The highest BCUT2D eigenvalue weighted by atomic mass is 16.6. The monoisotopic (exact) mass is 516 g/mol. The molecule has 5 rings (SSSR count). The molecule has 0 aliphatic heterocycles. The van der Waals surface area contributed by atoms with Crippen LogP contribution < -0.4 is 9.64 Å². The van der Waals surface area contributed by atoms with Gasteiger partial charge in [0.1, 0.15) is 22.9 Å². The first-order valence-electron chi connectivity index (χ1n) is 13.3. The fourth-order valence-corrected chi connectivity index (χ4v) is 5.01. The molecule has 4 aromatic rings. The lowest BCUT2D eigenvalue weighted by Crippen LogP contribution is -2.37. The van der Waals surface area contributed by atoms with Crippen LogP contribution in [0.1, 0.15) is 59.4 Å². The molecule has 1 aliphatic carbocycles. The van der Waals surface area contributed by atoms with Crippen LogP contribution in [0.5, 0.6) is 5.75 Å². The van der Waals surface area contributed by atoms with Gasteiger partial charge in [-0.05, 0) is 65.5 Å². The van der Waals surface area contributed by atoms with Crippen LogP contribution in [0.25, 0.3) is 22.2 Å². The van der Waals surface area contributed by atoms with E-state index in [4.69, 9.17) is 14.6 Å². The third kappa shape index (κ3) is 5.51. The summed E-state index contributed by atoms with van der Waals surface area (Å²) in [6.07, 6.45) is 9.16. The van der Waals surface area contributed by atoms with Gasteiger partial charge < -0.3 is 9.47 Å². The summed E-state index contributed by atoms with van der Waals surface area (Å²) in [6.45, 7) is 7.95. The zero-order chi connectivity index (χ0) is 26.9. The number of fused-ring (bicyclic) bond motifs is 1. The summed E-state index contributed by atoms with van der Waals surface area (Å²) in [7, 11) is 1.90. The number of aryl methyl sites for hydroxylation is 1. The van der Waals surface area contributed by atoms with Gasteiger partial charge in [-0.2, -0.15) is 10.2 Å². The molecule has 0 spiro atoms. The van der Waals surface area contributed by atoms with E-state index < -0.39 is 11.7 Å². The van der Waals surface area contributed by atoms with E-state index in [2.05, 4.69) is 14.8 Å². The van der Waals surface area contributed by atoms with E-state index in [-0.39, 0.29) is 12.1 Å². The van der Waals surface area contributed by atoms with Gasteiger partial charge in [0.15, 0.2) is 0 Å². The zero-order valence-corrected chi connectivity index (χ0v) is 22.8. The van der Waals surface area contributed by atoms with E-state index in [1.807, 2.05) is 89.7 Å². The Kier molecular flexibility index (Phi) is 7.10. The molecule has 1 aliphatic rings. The van der Waals surface area contributed by atoms with E-state index in [9.17, 15) is 4.79 Å². The maximum atomic E-state index is 12.9. The molecule has 3 heterocycles. The van der Waals surface area contributed by atoms with Crippen molar-refractivity contribution >= 4 is 22.8 Å². The molecule has 1 aromatic carbocycles. The number of carbonyl (C=O) groups is 1. The van der Waals surface area contributed by atoms with E-state index in [1.165, 1.54) is 0 Å². The molecule has 3 aromatic heterocycles. The quantitative estimate of drug-likeness (QED) is 0.305. The minimum atomic E-state index is -0.593. The minimum Gasteiger partial charge on any atom is -0.490 e. The molecule has 0 atom stereocenters. The van der Waals surface area contributed by atoms with Crippen LogP contribution in [0, 0.1) is 0 Å². The van der Waals surface area contributed by atoms with Gasteiger partial charge in [0.25, 0.3) is 0 Å². The van der Waals surface area contributed by atoms with Crippen molar-refractivity contribution in [3.63, 3.8) is 0 Å². The molecule has 0 saturated heterocycles. The van der Waals surface area contributed by atoms with Gasteiger partial charge in [-0.15, -0.1) is 0 Å². The van der Waals surface area contributed by atoms with Crippen LogP contribution in [-0.2, 0) is 11.8 Å². The summed E-state index contributed by atoms with van der Waals surface area (Å²) in [5.41, 5.74) is 2.13. The highest BCUT2D eigenvalue weighted by Crippen LogP contribution is 2.37. The molecular weight excluding hydrogens is 480 g/mol. The van der Waals surface area contributed by atoms with Gasteiger partial charge in [-0.1, -0.05) is 18.2 Å². The molecule has 200 valence electrons.